The first-order chi connectivity index (χ1) is 7.74. The zero-order valence-electron chi connectivity index (χ0n) is 10.0. The Morgan fingerprint density at radius 2 is 2.00 bits per heavy atom. The van der Waals surface area contributed by atoms with E-state index in [0.717, 1.165) is 19.5 Å². The number of hydrogen-bond acceptors (Lipinski definition) is 2. The highest BCUT2D eigenvalue weighted by atomic mass is 16.3. The Kier molecular flexibility index (Phi) is 3.62. The summed E-state index contributed by atoms with van der Waals surface area (Å²) < 4.78 is 0. The number of aliphatic hydroxyl groups is 1. The van der Waals surface area contributed by atoms with Crippen molar-refractivity contribution in [2.45, 2.75) is 38.3 Å². The quantitative estimate of drug-likeness (QED) is 0.844. The SMILES string of the molecule is C[C@@]1(CO)CCCCN1Cc1ccccc1. The van der Waals surface area contributed by atoms with Crippen molar-refractivity contribution in [3.05, 3.63) is 35.9 Å². The zero-order chi connectivity index (χ0) is 11.4. The van der Waals surface area contributed by atoms with Crippen LogP contribution in [0.1, 0.15) is 31.7 Å². The number of rotatable bonds is 3. The summed E-state index contributed by atoms with van der Waals surface area (Å²) in [6.07, 6.45) is 3.60. The summed E-state index contributed by atoms with van der Waals surface area (Å²) >= 11 is 0. The molecule has 0 unspecified atom stereocenters. The van der Waals surface area contributed by atoms with Crippen LogP contribution in [0.3, 0.4) is 0 Å². The van der Waals surface area contributed by atoms with Gasteiger partial charge in [-0.1, -0.05) is 36.8 Å². The number of likely N-dealkylation sites (tertiary alicyclic amines) is 1. The summed E-state index contributed by atoms with van der Waals surface area (Å²) in [6.45, 7) is 4.50. The molecule has 88 valence electrons. The maximum Gasteiger partial charge on any atom is 0.0612 e. The second kappa shape index (κ2) is 4.98. The van der Waals surface area contributed by atoms with Gasteiger partial charge in [0.05, 0.1) is 6.61 Å². The van der Waals surface area contributed by atoms with Crippen molar-refractivity contribution in [1.29, 1.82) is 0 Å². The zero-order valence-corrected chi connectivity index (χ0v) is 10.0. The molecule has 2 rings (SSSR count). The maximum absolute atomic E-state index is 9.56. The van der Waals surface area contributed by atoms with Gasteiger partial charge in [0.15, 0.2) is 0 Å². The van der Waals surface area contributed by atoms with Crippen LogP contribution in [0.4, 0.5) is 0 Å². The molecule has 1 N–H and O–H groups in total. The van der Waals surface area contributed by atoms with Crippen LogP contribution < -0.4 is 0 Å². The summed E-state index contributed by atoms with van der Waals surface area (Å²) in [5.41, 5.74) is 1.32. The molecule has 1 heterocycles. The van der Waals surface area contributed by atoms with Gasteiger partial charge in [0.2, 0.25) is 0 Å². The van der Waals surface area contributed by atoms with Gasteiger partial charge in [0.25, 0.3) is 0 Å². The maximum atomic E-state index is 9.56. The van der Waals surface area contributed by atoms with E-state index < -0.39 is 0 Å². The summed E-state index contributed by atoms with van der Waals surface area (Å²) in [5, 5.41) is 9.56. The third kappa shape index (κ3) is 2.45. The highest BCUT2D eigenvalue weighted by Gasteiger charge is 2.33. The molecule has 2 heteroatoms. The molecule has 1 aromatic rings. The molecule has 1 atom stereocenters. The van der Waals surface area contributed by atoms with Gasteiger partial charge in [-0.25, -0.2) is 0 Å². The fraction of sp³-hybridized carbons (Fsp3) is 0.571. The van der Waals surface area contributed by atoms with Gasteiger partial charge in [-0.2, -0.15) is 0 Å². The summed E-state index contributed by atoms with van der Waals surface area (Å²) in [4.78, 5) is 2.42. The minimum Gasteiger partial charge on any atom is -0.394 e. The fourth-order valence-corrected chi connectivity index (χ4v) is 2.49. The number of nitrogens with zero attached hydrogens (tertiary/aromatic N) is 1. The Labute approximate surface area is 97.9 Å². The van der Waals surface area contributed by atoms with Crippen molar-refractivity contribution in [2.24, 2.45) is 0 Å². The van der Waals surface area contributed by atoms with E-state index in [2.05, 4.69) is 36.1 Å². The lowest BCUT2D eigenvalue weighted by Crippen LogP contribution is -2.51. The van der Waals surface area contributed by atoms with Gasteiger partial charge in [-0.15, -0.1) is 0 Å². The van der Waals surface area contributed by atoms with Crippen molar-refractivity contribution in [2.75, 3.05) is 13.2 Å². The van der Waals surface area contributed by atoms with E-state index in [-0.39, 0.29) is 12.1 Å². The van der Waals surface area contributed by atoms with Crippen molar-refractivity contribution in [3.63, 3.8) is 0 Å². The van der Waals surface area contributed by atoms with Gasteiger partial charge in [0, 0.05) is 12.1 Å². The van der Waals surface area contributed by atoms with Crippen LogP contribution >= 0.6 is 0 Å². The van der Waals surface area contributed by atoms with Crippen molar-refractivity contribution in [3.8, 4) is 0 Å². The predicted molar refractivity (Wildman–Crippen MR) is 66.2 cm³/mol. The molecule has 1 aliphatic rings. The molecule has 1 fully saturated rings. The molecule has 1 saturated heterocycles. The molecule has 0 saturated carbocycles. The van der Waals surface area contributed by atoms with E-state index >= 15 is 0 Å². The highest BCUT2D eigenvalue weighted by Crippen LogP contribution is 2.28. The molecule has 0 spiro atoms. The van der Waals surface area contributed by atoms with E-state index in [4.69, 9.17) is 0 Å². The highest BCUT2D eigenvalue weighted by molar-refractivity contribution is 5.15. The van der Waals surface area contributed by atoms with E-state index in [1.807, 2.05) is 6.07 Å². The minimum atomic E-state index is -0.0198. The Morgan fingerprint density at radius 3 is 2.69 bits per heavy atom. The molecule has 1 aliphatic heterocycles. The topological polar surface area (TPSA) is 23.5 Å². The molecule has 0 bridgehead atoms. The number of benzene rings is 1. The van der Waals surface area contributed by atoms with Gasteiger partial charge in [-0.3, -0.25) is 4.90 Å². The molecule has 0 aliphatic carbocycles. The molecular formula is C14H21NO. The minimum absolute atomic E-state index is 0.0198. The van der Waals surface area contributed by atoms with Gasteiger partial charge < -0.3 is 5.11 Å². The smallest absolute Gasteiger partial charge is 0.0612 e. The Balaban J connectivity index is 2.07. The number of hydrogen-bond donors (Lipinski definition) is 1. The van der Waals surface area contributed by atoms with E-state index in [1.54, 1.807) is 0 Å². The normalized spacial score (nSPS) is 26.9. The van der Waals surface area contributed by atoms with E-state index in [1.165, 1.54) is 18.4 Å². The Bertz CT molecular complexity index is 325. The van der Waals surface area contributed by atoms with Crippen molar-refractivity contribution < 1.29 is 5.11 Å². The average Bonchev–Trinajstić information content (AvgIpc) is 2.34. The lowest BCUT2D eigenvalue weighted by atomic mass is 9.89. The van der Waals surface area contributed by atoms with Crippen LogP contribution in [-0.2, 0) is 6.54 Å². The summed E-state index contributed by atoms with van der Waals surface area (Å²) in [5.74, 6) is 0. The summed E-state index contributed by atoms with van der Waals surface area (Å²) in [7, 11) is 0. The molecule has 0 amide bonds. The molecule has 0 radical (unpaired) electrons. The van der Waals surface area contributed by atoms with Gasteiger partial charge in [0.1, 0.15) is 0 Å². The first-order valence-electron chi connectivity index (χ1n) is 6.14. The second-order valence-electron chi connectivity index (χ2n) is 5.02. The van der Waals surface area contributed by atoms with E-state index in [9.17, 15) is 5.11 Å². The van der Waals surface area contributed by atoms with Crippen molar-refractivity contribution >= 4 is 0 Å². The third-order valence-electron chi connectivity index (χ3n) is 3.71. The Hall–Kier alpha value is -0.860. The average molecular weight is 219 g/mol. The predicted octanol–water partition coefficient (Wildman–Crippen LogP) is 2.42. The third-order valence-corrected chi connectivity index (χ3v) is 3.71. The van der Waals surface area contributed by atoms with E-state index in [0.29, 0.717) is 0 Å². The molecule has 1 aromatic carbocycles. The standard InChI is InChI=1S/C14H21NO/c1-14(12-16)9-5-6-10-15(14)11-13-7-3-2-4-8-13/h2-4,7-8,16H,5-6,9-12H2,1H3/t14-/m0/s1. The van der Waals surface area contributed by atoms with Crippen LogP contribution in [0.2, 0.25) is 0 Å². The fourth-order valence-electron chi connectivity index (χ4n) is 2.49. The van der Waals surface area contributed by atoms with Gasteiger partial charge >= 0.3 is 0 Å². The summed E-state index contributed by atoms with van der Waals surface area (Å²) in [6, 6.07) is 10.5. The molecule has 0 aromatic heterocycles. The Morgan fingerprint density at radius 1 is 1.25 bits per heavy atom. The number of aliphatic hydroxyl groups excluding tert-OH is 1. The lowest BCUT2D eigenvalue weighted by molar-refractivity contribution is 0.00633. The molecule has 2 nitrogen and oxygen atoms in total. The second-order valence-corrected chi connectivity index (χ2v) is 5.02. The molecule has 16 heavy (non-hydrogen) atoms. The number of piperidine rings is 1. The van der Waals surface area contributed by atoms with Crippen LogP contribution in [0.25, 0.3) is 0 Å². The monoisotopic (exact) mass is 219 g/mol. The lowest BCUT2D eigenvalue weighted by Gasteiger charge is -2.44. The van der Waals surface area contributed by atoms with Crippen LogP contribution in [0.15, 0.2) is 30.3 Å². The van der Waals surface area contributed by atoms with Crippen LogP contribution in [0, 0.1) is 0 Å². The van der Waals surface area contributed by atoms with Crippen LogP contribution in [0.5, 0.6) is 0 Å². The largest absolute Gasteiger partial charge is 0.394 e. The molecular weight excluding hydrogens is 198 g/mol. The van der Waals surface area contributed by atoms with Crippen molar-refractivity contribution in [1.82, 2.24) is 4.90 Å². The van der Waals surface area contributed by atoms with Gasteiger partial charge in [-0.05, 0) is 31.9 Å². The van der Waals surface area contributed by atoms with Crippen LogP contribution in [-0.4, -0.2) is 28.7 Å². The first-order valence-corrected chi connectivity index (χ1v) is 6.14. The first kappa shape index (κ1) is 11.6.